The summed E-state index contributed by atoms with van der Waals surface area (Å²) in [5, 5.41) is 0. The third-order valence-electron chi connectivity index (χ3n) is 4.67. The maximum absolute atomic E-state index is 13.5. The Kier molecular flexibility index (Phi) is 5.53. The van der Waals surface area contributed by atoms with Gasteiger partial charge >= 0.3 is 0 Å². The zero-order chi connectivity index (χ0) is 18.7. The molecule has 3 rings (SSSR count). The Bertz CT molecular complexity index is 856. The molecule has 1 atom stereocenters. The molecule has 1 fully saturated rings. The van der Waals surface area contributed by atoms with E-state index in [1.165, 1.54) is 4.31 Å². The number of aryl methyl sites for hydroxylation is 2. The lowest BCUT2D eigenvalue weighted by Gasteiger charge is -2.28. The van der Waals surface area contributed by atoms with E-state index in [1.807, 2.05) is 26.0 Å². The maximum atomic E-state index is 13.5. The number of methoxy groups -OCH3 is 1. The lowest BCUT2D eigenvalue weighted by Crippen LogP contribution is -2.37. The van der Waals surface area contributed by atoms with Crippen molar-refractivity contribution in [2.24, 2.45) is 0 Å². The average Bonchev–Trinajstić information content (AvgIpc) is 3.15. The molecule has 0 saturated carbocycles. The first-order valence-corrected chi connectivity index (χ1v) is 10.2. The van der Waals surface area contributed by atoms with Crippen LogP contribution in [0.1, 0.15) is 24.0 Å². The summed E-state index contributed by atoms with van der Waals surface area (Å²) in [5.74, 6) is 0.690. The van der Waals surface area contributed by atoms with Crippen LogP contribution < -0.4 is 9.04 Å². The van der Waals surface area contributed by atoms with Crippen molar-refractivity contribution in [3.05, 3.63) is 53.6 Å². The Hall–Kier alpha value is -2.05. The van der Waals surface area contributed by atoms with Gasteiger partial charge in [-0.15, -0.1) is 0 Å². The van der Waals surface area contributed by atoms with Crippen molar-refractivity contribution >= 4 is 15.7 Å². The molecule has 0 N–H and O–H groups in total. The molecule has 2 aromatic rings. The van der Waals surface area contributed by atoms with Gasteiger partial charge in [-0.05, 0) is 68.1 Å². The molecule has 0 aromatic heterocycles. The average molecular weight is 375 g/mol. The molecule has 1 aliphatic heterocycles. The van der Waals surface area contributed by atoms with Crippen molar-refractivity contribution in [1.29, 1.82) is 0 Å². The van der Waals surface area contributed by atoms with Crippen LogP contribution >= 0.6 is 0 Å². The van der Waals surface area contributed by atoms with Crippen molar-refractivity contribution in [3.63, 3.8) is 0 Å². The fraction of sp³-hybridized carbons (Fsp3) is 0.400. The maximum Gasteiger partial charge on any atom is 0.264 e. The summed E-state index contributed by atoms with van der Waals surface area (Å²) in [7, 11) is -2.11. The van der Waals surface area contributed by atoms with Crippen LogP contribution in [0.2, 0.25) is 0 Å². The van der Waals surface area contributed by atoms with E-state index in [2.05, 4.69) is 0 Å². The van der Waals surface area contributed by atoms with Crippen LogP contribution in [-0.4, -0.2) is 34.8 Å². The summed E-state index contributed by atoms with van der Waals surface area (Å²) < 4.78 is 39.3. The van der Waals surface area contributed by atoms with E-state index in [0.717, 1.165) is 24.0 Å². The van der Waals surface area contributed by atoms with Gasteiger partial charge in [0.25, 0.3) is 10.0 Å². The zero-order valence-electron chi connectivity index (χ0n) is 15.4. The second kappa shape index (κ2) is 7.68. The van der Waals surface area contributed by atoms with Gasteiger partial charge in [-0.2, -0.15) is 0 Å². The summed E-state index contributed by atoms with van der Waals surface area (Å²) in [6, 6.07) is 12.6. The number of rotatable bonds is 6. The molecular formula is C20H25NO4S. The smallest absolute Gasteiger partial charge is 0.264 e. The van der Waals surface area contributed by atoms with E-state index in [1.54, 1.807) is 37.4 Å². The molecule has 1 heterocycles. The molecule has 0 radical (unpaired) electrons. The van der Waals surface area contributed by atoms with Crippen molar-refractivity contribution in [1.82, 2.24) is 0 Å². The van der Waals surface area contributed by atoms with Crippen molar-refractivity contribution in [3.8, 4) is 5.75 Å². The number of nitrogens with zero attached hydrogens (tertiary/aromatic N) is 1. The van der Waals surface area contributed by atoms with Gasteiger partial charge in [0.05, 0.1) is 30.3 Å². The van der Waals surface area contributed by atoms with Crippen molar-refractivity contribution < 1.29 is 17.9 Å². The summed E-state index contributed by atoms with van der Waals surface area (Å²) in [6.07, 6.45) is 1.75. The largest absolute Gasteiger partial charge is 0.497 e. The minimum atomic E-state index is -3.70. The second-order valence-corrected chi connectivity index (χ2v) is 8.47. The van der Waals surface area contributed by atoms with Crippen LogP contribution in [0.3, 0.4) is 0 Å². The standard InChI is InChI=1S/C20H25NO4S/c1-15-6-7-16(2)20(13-15)26(22,23)21(14-19-5-4-12-25-19)17-8-10-18(24-3)11-9-17/h6-11,13,19H,4-5,12,14H2,1-3H3/t19-/m1/s1. The normalized spacial score (nSPS) is 17.3. The monoisotopic (exact) mass is 375 g/mol. The predicted molar refractivity (Wildman–Crippen MR) is 102 cm³/mol. The van der Waals surface area contributed by atoms with Crippen LogP contribution in [-0.2, 0) is 14.8 Å². The van der Waals surface area contributed by atoms with E-state index in [-0.39, 0.29) is 6.10 Å². The molecule has 0 bridgehead atoms. The highest BCUT2D eigenvalue weighted by molar-refractivity contribution is 7.92. The molecule has 26 heavy (non-hydrogen) atoms. The fourth-order valence-corrected chi connectivity index (χ4v) is 4.98. The minimum absolute atomic E-state index is 0.0861. The number of hydrogen-bond acceptors (Lipinski definition) is 4. The molecular weight excluding hydrogens is 350 g/mol. The SMILES string of the molecule is COc1ccc(N(C[C@H]2CCCO2)S(=O)(=O)c2cc(C)ccc2C)cc1. The van der Waals surface area contributed by atoms with Crippen LogP contribution in [0.4, 0.5) is 5.69 Å². The summed E-state index contributed by atoms with van der Waals surface area (Å²) in [6.45, 7) is 4.72. The summed E-state index contributed by atoms with van der Waals surface area (Å²) in [4.78, 5) is 0.339. The van der Waals surface area contributed by atoms with Crippen LogP contribution in [0.5, 0.6) is 5.75 Å². The van der Waals surface area contributed by atoms with Gasteiger partial charge in [0.1, 0.15) is 5.75 Å². The zero-order valence-corrected chi connectivity index (χ0v) is 16.3. The van der Waals surface area contributed by atoms with Gasteiger partial charge < -0.3 is 9.47 Å². The topological polar surface area (TPSA) is 55.8 Å². The van der Waals surface area contributed by atoms with Crippen molar-refractivity contribution in [2.75, 3.05) is 24.6 Å². The van der Waals surface area contributed by atoms with Gasteiger partial charge in [-0.25, -0.2) is 8.42 Å². The predicted octanol–water partition coefficient (Wildman–Crippen LogP) is 3.69. The first kappa shape index (κ1) is 18.7. The van der Waals surface area contributed by atoms with Gasteiger partial charge in [-0.3, -0.25) is 4.31 Å². The quantitative estimate of drug-likeness (QED) is 0.773. The third kappa shape index (κ3) is 3.86. The molecule has 5 nitrogen and oxygen atoms in total. The molecule has 1 aliphatic rings. The van der Waals surface area contributed by atoms with Gasteiger partial charge in [0.15, 0.2) is 0 Å². The molecule has 0 aliphatic carbocycles. The molecule has 2 aromatic carbocycles. The number of hydrogen-bond donors (Lipinski definition) is 0. The van der Waals surface area contributed by atoms with E-state index < -0.39 is 10.0 Å². The highest BCUT2D eigenvalue weighted by atomic mass is 32.2. The van der Waals surface area contributed by atoms with E-state index in [4.69, 9.17) is 9.47 Å². The lowest BCUT2D eigenvalue weighted by atomic mass is 10.2. The Labute approximate surface area is 155 Å². The molecule has 0 amide bonds. The minimum Gasteiger partial charge on any atom is -0.497 e. The van der Waals surface area contributed by atoms with E-state index in [0.29, 0.717) is 29.5 Å². The first-order valence-electron chi connectivity index (χ1n) is 8.77. The summed E-state index contributed by atoms with van der Waals surface area (Å²) in [5.41, 5.74) is 2.27. The van der Waals surface area contributed by atoms with Crippen LogP contribution in [0, 0.1) is 13.8 Å². The van der Waals surface area contributed by atoms with Crippen LogP contribution in [0.25, 0.3) is 0 Å². The summed E-state index contributed by atoms with van der Waals surface area (Å²) >= 11 is 0. The van der Waals surface area contributed by atoms with Gasteiger partial charge in [0.2, 0.25) is 0 Å². The third-order valence-corrected chi connectivity index (χ3v) is 6.60. The van der Waals surface area contributed by atoms with E-state index >= 15 is 0 Å². The number of anilines is 1. The highest BCUT2D eigenvalue weighted by Gasteiger charge is 2.30. The molecule has 6 heteroatoms. The number of benzene rings is 2. The molecule has 0 spiro atoms. The molecule has 1 saturated heterocycles. The van der Waals surface area contributed by atoms with Gasteiger partial charge in [0, 0.05) is 6.61 Å². The highest BCUT2D eigenvalue weighted by Crippen LogP contribution is 2.29. The second-order valence-electron chi connectivity index (χ2n) is 6.64. The Morgan fingerprint density at radius 1 is 1.15 bits per heavy atom. The Balaban J connectivity index is 2.04. The van der Waals surface area contributed by atoms with E-state index in [9.17, 15) is 8.42 Å². The molecule has 140 valence electrons. The Morgan fingerprint density at radius 2 is 1.88 bits per heavy atom. The number of sulfonamides is 1. The fourth-order valence-electron chi connectivity index (χ4n) is 3.17. The first-order chi connectivity index (χ1) is 12.4. The van der Waals surface area contributed by atoms with Crippen molar-refractivity contribution in [2.45, 2.75) is 37.7 Å². The molecule has 0 unspecified atom stereocenters. The van der Waals surface area contributed by atoms with Crippen LogP contribution in [0.15, 0.2) is 47.4 Å². The Morgan fingerprint density at radius 3 is 2.50 bits per heavy atom. The lowest BCUT2D eigenvalue weighted by molar-refractivity contribution is 0.118. The number of ether oxygens (including phenoxy) is 2. The van der Waals surface area contributed by atoms with Gasteiger partial charge in [-0.1, -0.05) is 12.1 Å².